The summed E-state index contributed by atoms with van der Waals surface area (Å²) in [6, 6.07) is 12.1. The van der Waals surface area contributed by atoms with E-state index >= 15 is 0 Å². The van der Waals surface area contributed by atoms with Gasteiger partial charge < -0.3 is 10.2 Å². The molecule has 2 aromatic carbocycles. The minimum atomic E-state index is -0.302. The molecule has 0 bridgehead atoms. The van der Waals surface area contributed by atoms with E-state index in [4.69, 9.17) is 10.2 Å². The summed E-state index contributed by atoms with van der Waals surface area (Å²) >= 11 is 0. The molecule has 0 aliphatic heterocycles. The molecule has 0 saturated carbocycles. The van der Waals surface area contributed by atoms with E-state index in [9.17, 15) is 4.39 Å². The highest BCUT2D eigenvalue weighted by Crippen LogP contribution is 2.24. The molecule has 0 amide bonds. The van der Waals surface area contributed by atoms with Crippen molar-refractivity contribution in [1.29, 1.82) is 0 Å². The van der Waals surface area contributed by atoms with Crippen molar-refractivity contribution in [3.63, 3.8) is 0 Å². The van der Waals surface area contributed by atoms with Crippen LogP contribution in [0, 0.1) is 5.82 Å². The highest BCUT2D eigenvalue weighted by atomic mass is 19.1. The van der Waals surface area contributed by atoms with Crippen LogP contribution in [0.2, 0.25) is 0 Å². The van der Waals surface area contributed by atoms with Crippen molar-refractivity contribution < 1.29 is 8.81 Å². The predicted molar refractivity (Wildman–Crippen MR) is 76.9 cm³/mol. The van der Waals surface area contributed by atoms with Crippen LogP contribution in [0.25, 0.3) is 11.1 Å². The van der Waals surface area contributed by atoms with Gasteiger partial charge in [-0.1, -0.05) is 19.1 Å². The van der Waals surface area contributed by atoms with E-state index in [-0.39, 0.29) is 11.7 Å². The lowest BCUT2D eigenvalue weighted by Gasteiger charge is -2.09. The summed E-state index contributed by atoms with van der Waals surface area (Å²) in [7, 11) is 0. The summed E-state index contributed by atoms with van der Waals surface area (Å²) in [5, 5.41) is 0. The second-order valence-corrected chi connectivity index (χ2v) is 4.99. The van der Waals surface area contributed by atoms with Crippen molar-refractivity contribution in [2.45, 2.75) is 19.3 Å². The largest absolute Gasteiger partial charge is 0.441 e. The Morgan fingerprint density at radius 2 is 1.95 bits per heavy atom. The molecule has 1 atom stereocenters. The van der Waals surface area contributed by atoms with Crippen LogP contribution in [0.1, 0.15) is 24.3 Å². The number of hydrogen-bond acceptors (Lipinski definition) is 3. The van der Waals surface area contributed by atoms with Crippen LogP contribution in [0.3, 0.4) is 0 Å². The topological polar surface area (TPSA) is 52.0 Å². The first-order valence-corrected chi connectivity index (χ1v) is 6.52. The highest BCUT2D eigenvalue weighted by Gasteiger charge is 2.12. The SMILES string of the molecule is CC(Cc1nc2cc(F)ccc2o1)c1ccc(N)cc1. The van der Waals surface area contributed by atoms with E-state index in [0.29, 0.717) is 23.4 Å². The van der Waals surface area contributed by atoms with E-state index in [1.54, 1.807) is 6.07 Å². The fraction of sp³-hybridized carbons (Fsp3) is 0.188. The van der Waals surface area contributed by atoms with Gasteiger partial charge in [-0.25, -0.2) is 9.37 Å². The second-order valence-electron chi connectivity index (χ2n) is 4.99. The third-order valence-electron chi connectivity index (χ3n) is 3.38. The first-order valence-electron chi connectivity index (χ1n) is 6.52. The van der Waals surface area contributed by atoms with Crippen LogP contribution in [0.5, 0.6) is 0 Å². The van der Waals surface area contributed by atoms with Gasteiger partial charge in [0.1, 0.15) is 11.3 Å². The number of benzene rings is 2. The molecule has 0 saturated heterocycles. The quantitative estimate of drug-likeness (QED) is 0.734. The molecule has 102 valence electrons. The molecule has 1 unspecified atom stereocenters. The van der Waals surface area contributed by atoms with Crippen LogP contribution in [0.15, 0.2) is 46.9 Å². The van der Waals surface area contributed by atoms with Gasteiger partial charge in [0, 0.05) is 18.2 Å². The van der Waals surface area contributed by atoms with Gasteiger partial charge in [0.25, 0.3) is 0 Å². The van der Waals surface area contributed by atoms with Crippen LogP contribution < -0.4 is 5.73 Å². The molecule has 0 fully saturated rings. The molecule has 1 heterocycles. The fourth-order valence-electron chi connectivity index (χ4n) is 2.24. The number of anilines is 1. The molecule has 4 heteroatoms. The Labute approximate surface area is 116 Å². The monoisotopic (exact) mass is 270 g/mol. The Balaban J connectivity index is 1.83. The zero-order chi connectivity index (χ0) is 14.1. The number of hydrogen-bond donors (Lipinski definition) is 1. The molecule has 0 radical (unpaired) electrons. The van der Waals surface area contributed by atoms with Crippen molar-refractivity contribution >= 4 is 16.8 Å². The maximum absolute atomic E-state index is 13.1. The third-order valence-corrected chi connectivity index (χ3v) is 3.38. The van der Waals surface area contributed by atoms with E-state index in [0.717, 1.165) is 5.69 Å². The molecular weight excluding hydrogens is 255 g/mol. The van der Waals surface area contributed by atoms with Crippen molar-refractivity contribution in [3.05, 3.63) is 59.7 Å². The van der Waals surface area contributed by atoms with Crippen LogP contribution in [0.4, 0.5) is 10.1 Å². The van der Waals surface area contributed by atoms with Gasteiger partial charge in [-0.2, -0.15) is 0 Å². The average Bonchev–Trinajstić information content (AvgIpc) is 2.80. The number of rotatable bonds is 3. The number of oxazole rings is 1. The summed E-state index contributed by atoms with van der Waals surface area (Å²) in [6.45, 7) is 2.10. The van der Waals surface area contributed by atoms with E-state index < -0.39 is 0 Å². The van der Waals surface area contributed by atoms with Gasteiger partial charge in [-0.3, -0.25) is 0 Å². The molecule has 1 aromatic heterocycles. The fourth-order valence-corrected chi connectivity index (χ4v) is 2.24. The lowest BCUT2D eigenvalue weighted by molar-refractivity contribution is 0.508. The standard InChI is InChI=1S/C16H15FN2O/c1-10(11-2-5-13(18)6-3-11)8-16-19-14-9-12(17)4-7-15(14)20-16/h2-7,9-10H,8,18H2,1H3. The minimum Gasteiger partial charge on any atom is -0.441 e. The highest BCUT2D eigenvalue weighted by molar-refractivity contribution is 5.72. The van der Waals surface area contributed by atoms with Gasteiger partial charge in [0.2, 0.25) is 0 Å². The summed E-state index contributed by atoms with van der Waals surface area (Å²) in [4.78, 5) is 4.33. The zero-order valence-electron chi connectivity index (χ0n) is 11.1. The number of aromatic nitrogens is 1. The Morgan fingerprint density at radius 1 is 1.20 bits per heavy atom. The van der Waals surface area contributed by atoms with Crippen molar-refractivity contribution in [3.8, 4) is 0 Å². The Bertz CT molecular complexity index is 734. The Kier molecular flexibility index (Phi) is 3.14. The van der Waals surface area contributed by atoms with Crippen LogP contribution in [-0.4, -0.2) is 4.98 Å². The normalized spacial score (nSPS) is 12.7. The Hall–Kier alpha value is -2.36. The third kappa shape index (κ3) is 2.50. The first-order chi connectivity index (χ1) is 9.61. The van der Waals surface area contributed by atoms with Crippen molar-refractivity contribution in [2.24, 2.45) is 0 Å². The van der Waals surface area contributed by atoms with Gasteiger partial charge in [-0.15, -0.1) is 0 Å². The molecular formula is C16H15FN2O. The number of nitrogens with two attached hydrogens (primary N) is 1. The predicted octanol–water partition coefficient (Wildman–Crippen LogP) is 3.90. The van der Waals surface area contributed by atoms with Gasteiger partial charge in [0.05, 0.1) is 0 Å². The average molecular weight is 270 g/mol. The zero-order valence-corrected chi connectivity index (χ0v) is 11.1. The second kappa shape index (κ2) is 4.96. The number of halogens is 1. The molecule has 0 aliphatic rings. The first kappa shape index (κ1) is 12.7. The van der Waals surface area contributed by atoms with Gasteiger partial charge >= 0.3 is 0 Å². The van der Waals surface area contributed by atoms with E-state index in [2.05, 4.69) is 11.9 Å². The lowest BCUT2D eigenvalue weighted by Crippen LogP contribution is -1.99. The summed E-state index contributed by atoms with van der Waals surface area (Å²) in [6.07, 6.45) is 0.667. The van der Waals surface area contributed by atoms with Crippen molar-refractivity contribution in [1.82, 2.24) is 4.98 Å². The minimum absolute atomic E-state index is 0.258. The maximum Gasteiger partial charge on any atom is 0.196 e. The van der Waals surface area contributed by atoms with Crippen molar-refractivity contribution in [2.75, 3.05) is 5.73 Å². The number of nitrogen functional groups attached to an aromatic ring is 1. The molecule has 3 nitrogen and oxygen atoms in total. The maximum atomic E-state index is 13.1. The molecule has 0 spiro atoms. The van der Waals surface area contributed by atoms with E-state index in [1.165, 1.54) is 17.7 Å². The molecule has 3 aromatic rings. The molecule has 20 heavy (non-hydrogen) atoms. The smallest absolute Gasteiger partial charge is 0.196 e. The molecule has 0 aliphatic carbocycles. The van der Waals surface area contributed by atoms with Gasteiger partial charge in [0.15, 0.2) is 11.5 Å². The summed E-state index contributed by atoms with van der Waals surface area (Å²) < 4.78 is 18.8. The molecule has 2 N–H and O–H groups in total. The lowest BCUT2D eigenvalue weighted by atomic mass is 9.98. The van der Waals surface area contributed by atoms with Gasteiger partial charge in [-0.05, 0) is 35.7 Å². The molecule has 3 rings (SSSR count). The number of fused-ring (bicyclic) bond motifs is 1. The summed E-state index contributed by atoms with van der Waals surface area (Å²) in [5.41, 5.74) is 8.78. The Morgan fingerprint density at radius 3 is 2.70 bits per heavy atom. The van der Waals surface area contributed by atoms with Crippen LogP contribution in [-0.2, 0) is 6.42 Å². The van der Waals surface area contributed by atoms with E-state index in [1.807, 2.05) is 24.3 Å². The van der Waals surface area contributed by atoms with Crippen LogP contribution >= 0.6 is 0 Å². The number of nitrogens with zero attached hydrogens (tertiary/aromatic N) is 1. The summed E-state index contributed by atoms with van der Waals surface area (Å²) in [5.74, 6) is 0.576.